The molecule has 1 aromatic carbocycles. The highest BCUT2D eigenvalue weighted by molar-refractivity contribution is 6.21. The molecule has 0 bridgehead atoms. The molecular formula is C19H24N2O4. The van der Waals surface area contributed by atoms with E-state index in [9.17, 15) is 14.4 Å². The summed E-state index contributed by atoms with van der Waals surface area (Å²) in [5.41, 5.74) is -0.202. The molecule has 0 aliphatic carbocycles. The summed E-state index contributed by atoms with van der Waals surface area (Å²) in [7, 11) is 0. The number of hydrogen-bond donors (Lipinski definition) is 0. The van der Waals surface area contributed by atoms with Crippen LogP contribution in [0.4, 0.5) is 4.79 Å². The molecule has 0 aromatic heterocycles. The lowest BCUT2D eigenvalue weighted by Gasteiger charge is -2.36. The summed E-state index contributed by atoms with van der Waals surface area (Å²) < 4.78 is 5.43. The normalized spacial score (nSPS) is 15.0. The monoisotopic (exact) mass is 344 g/mol. The molecule has 1 atom stereocenters. The number of benzene rings is 1. The summed E-state index contributed by atoms with van der Waals surface area (Å²) in [6.45, 7) is 10.9. The molecule has 3 amide bonds. The van der Waals surface area contributed by atoms with Gasteiger partial charge in [0.05, 0.1) is 17.2 Å². The summed E-state index contributed by atoms with van der Waals surface area (Å²) in [4.78, 5) is 38.3. The number of imide groups is 1. The van der Waals surface area contributed by atoms with Crippen molar-refractivity contribution in [3.05, 3.63) is 48.0 Å². The van der Waals surface area contributed by atoms with Gasteiger partial charge >= 0.3 is 6.09 Å². The molecule has 0 N–H and O–H groups in total. The Morgan fingerprint density at radius 2 is 1.76 bits per heavy atom. The molecular weight excluding hydrogens is 320 g/mol. The van der Waals surface area contributed by atoms with Crippen molar-refractivity contribution in [1.29, 1.82) is 0 Å². The molecule has 2 rings (SSSR count). The van der Waals surface area contributed by atoms with Crippen LogP contribution in [0.5, 0.6) is 0 Å². The highest BCUT2D eigenvalue weighted by Crippen LogP contribution is 2.28. The first-order valence-corrected chi connectivity index (χ1v) is 8.33. The van der Waals surface area contributed by atoms with E-state index in [1.165, 1.54) is 0 Å². The fraction of sp³-hybridized carbons (Fsp3) is 0.421. The van der Waals surface area contributed by atoms with E-state index in [4.69, 9.17) is 4.74 Å². The van der Waals surface area contributed by atoms with Crippen molar-refractivity contribution in [2.75, 3.05) is 0 Å². The van der Waals surface area contributed by atoms with Crippen molar-refractivity contribution in [1.82, 2.24) is 10.0 Å². The molecule has 1 aliphatic heterocycles. The minimum atomic E-state index is -0.758. The van der Waals surface area contributed by atoms with Crippen LogP contribution in [0.1, 0.15) is 61.3 Å². The summed E-state index contributed by atoms with van der Waals surface area (Å²) in [6, 6.07) is 5.99. The number of fused-ring (bicyclic) bond motifs is 1. The van der Waals surface area contributed by atoms with Crippen molar-refractivity contribution in [2.45, 2.75) is 52.2 Å². The fourth-order valence-electron chi connectivity index (χ4n) is 2.68. The molecule has 25 heavy (non-hydrogen) atoms. The molecule has 0 fully saturated rings. The predicted octanol–water partition coefficient (Wildman–Crippen LogP) is 3.79. The molecule has 6 heteroatoms. The second kappa shape index (κ2) is 7.09. The maximum Gasteiger partial charge on any atom is 0.430 e. The molecule has 0 unspecified atom stereocenters. The molecule has 1 aromatic rings. The third-order valence-corrected chi connectivity index (χ3v) is 3.74. The minimum Gasteiger partial charge on any atom is -0.442 e. The fourth-order valence-corrected chi connectivity index (χ4v) is 2.68. The van der Waals surface area contributed by atoms with Gasteiger partial charge in [0.1, 0.15) is 5.60 Å². The number of nitrogens with zero attached hydrogens (tertiary/aromatic N) is 2. The van der Waals surface area contributed by atoms with E-state index < -0.39 is 29.6 Å². The molecule has 0 saturated carbocycles. The quantitative estimate of drug-likeness (QED) is 0.602. The second-order valence-corrected chi connectivity index (χ2v) is 6.88. The summed E-state index contributed by atoms with van der Waals surface area (Å²) >= 11 is 0. The third-order valence-electron chi connectivity index (χ3n) is 3.74. The Morgan fingerprint density at radius 1 is 1.24 bits per heavy atom. The van der Waals surface area contributed by atoms with Gasteiger partial charge in [-0.2, -0.15) is 5.01 Å². The Labute approximate surface area is 148 Å². The smallest absolute Gasteiger partial charge is 0.430 e. The zero-order valence-electron chi connectivity index (χ0n) is 15.1. The van der Waals surface area contributed by atoms with Gasteiger partial charge in [-0.3, -0.25) is 9.59 Å². The predicted molar refractivity (Wildman–Crippen MR) is 93.9 cm³/mol. The number of amides is 3. The van der Waals surface area contributed by atoms with Gasteiger partial charge in [0.15, 0.2) is 0 Å². The van der Waals surface area contributed by atoms with Gasteiger partial charge in [0.25, 0.3) is 11.8 Å². The Bertz CT molecular complexity index is 671. The highest BCUT2D eigenvalue weighted by atomic mass is 16.6. The van der Waals surface area contributed by atoms with Crippen molar-refractivity contribution in [2.24, 2.45) is 0 Å². The SMILES string of the molecule is C=C[C@@H](CCC)N(C(=O)OC(C)(C)C)N1C(=O)c2ccccc2C1=O. The van der Waals surface area contributed by atoms with Gasteiger partial charge in [-0.05, 0) is 39.3 Å². The van der Waals surface area contributed by atoms with Gasteiger partial charge in [-0.25, -0.2) is 9.80 Å². The van der Waals surface area contributed by atoms with E-state index in [0.717, 1.165) is 16.4 Å². The van der Waals surface area contributed by atoms with Gasteiger partial charge in [-0.15, -0.1) is 6.58 Å². The van der Waals surface area contributed by atoms with Crippen LogP contribution in [0, 0.1) is 0 Å². The van der Waals surface area contributed by atoms with Crippen LogP contribution in [0.2, 0.25) is 0 Å². The Kier molecular flexibility index (Phi) is 5.30. The molecule has 1 aliphatic rings. The Morgan fingerprint density at radius 3 is 2.16 bits per heavy atom. The van der Waals surface area contributed by atoms with E-state index in [0.29, 0.717) is 6.42 Å². The maximum atomic E-state index is 12.8. The van der Waals surface area contributed by atoms with E-state index in [-0.39, 0.29) is 11.1 Å². The number of hydrazine groups is 1. The summed E-state index contributed by atoms with van der Waals surface area (Å²) in [5.74, 6) is -1.07. The molecule has 1 heterocycles. The first kappa shape index (κ1) is 18.7. The number of ether oxygens (including phenoxy) is 1. The van der Waals surface area contributed by atoms with Crippen molar-refractivity contribution in [3.8, 4) is 0 Å². The maximum absolute atomic E-state index is 12.8. The van der Waals surface area contributed by atoms with E-state index in [2.05, 4.69) is 6.58 Å². The van der Waals surface area contributed by atoms with Crippen LogP contribution < -0.4 is 0 Å². The van der Waals surface area contributed by atoms with Crippen molar-refractivity contribution in [3.63, 3.8) is 0 Å². The number of carbonyl (C=O) groups is 3. The van der Waals surface area contributed by atoms with Gasteiger partial charge in [0, 0.05) is 0 Å². The standard InChI is InChI=1S/C19H24N2O4/c1-6-10-13(7-2)20(18(24)25-19(3,4)5)21-16(22)14-11-8-9-12-15(14)17(21)23/h7-9,11-13H,2,6,10H2,1,3-5H3/t13-/m0/s1. The second-order valence-electron chi connectivity index (χ2n) is 6.88. The lowest BCUT2D eigenvalue weighted by atomic mass is 10.1. The van der Waals surface area contributed by atoms with Gasteiger partial charge < -0.3 is 4.74 Å². The van der Waals surface area contributed by atoms with Crippen LogP contribution in [0.15, 0.2) is 36.9 Å². The topological polar surface area (TPSA) is 66.9 Å². The van der Waals surface area contributed by atoms with E-state index >= 15 is 0 Å². The Hall–Kier alpha value is -2.63. The largest absolute Gasteiger partial charge is 0.442 e. The van der Waals surface area contributed by atoms with E-state index in [1.807, 2.05) is 6.92 Å². The first-order chi connectivity index (χ1) is 11.7. The number of carbonyl (C=O) groups excluding carboxylic acids is 3. The van der Waals surface area contributed by atoms with Crippen LogP contribution in [0.25, 0.3) is 0 Å². The molecule has 0 saturated heterocycles. The van der Waals surface area contributed by atoms with Crippen molar-refractivity contribution < 1.29 is 19.1 Å². The lowest BCUT2D eigenvalue weighted by molar-refractivity contribution is -0.0391. The molecule has 0 radical (unpaired) electrons. The number of rotatable bonds is 5. The summed E-state index contributed by atoms with van der Waals surface area (Å²) in [5, 5.41) is 1.97. The first-order valence-electron chi connectivity index (χ1n) is 8.33. The van der Waals surface area contributed by atoms with Crippen LogP contribution >= 0.6 is 0 Å². The van der Waals surface area contributed by atoms with Crippen molar-refractivity contribution >= 4 is 17.9 Å². The third kappa shape index (κ3) is 3.73. The molecule has 134 valence electrons. The summed E-state index contributed by atoms with van der Waals surface area (Å²) in [6.07, 6.45) is 2.10. The molecule has 6 nitrogen and oxygen atoms in total. The highest BCUT2D eigenvalue weighted by Gasteiger charge is 2.44. The Balaban J connectivity index is 2.46. The average Bonchev–Trinajstić information content (AvgIpc) is 2.78. The minimum absolute atomic E-state index is 0.278. The van der Waals surface area contributed by atoms with Gasteiger partial charge in [0.2, 0.25) is 0 Å². The van der Waals surface area contributed by atoms with Crippen LogP contribution in [0.3, 0.4) is 0 Å². The van der Waals surface area contributed by atoms with Gasteiger partial charge in [-0.1, -0.05) is 31.6 Å². The number of hydrogen-bond acceptors (Lipinski definition) is 4. The van der Waals surface area contributed by atoms with Crippen LogP contribution in [-0.2, 0) is 4.74 Å². The van der Waals surface area contributed by atoms with E-state index in [1.54, 1.807) is 51.1 Å². The zero-order valence-corrected chi connectivity index (χ0v) is 15.1. The zero-order chi connectivity index (χ0) is 18.8. The lowest BCUT2D eigenvalue weighted by Crippen LogP contribution is -2.55. The van der Waals surface area contributed by atoms with Crippen LogP contribution in [-0.4, -0.2) is 39.6 Å². The molecule has 0 spiro atoms. The average molecular weight is 344 g/mol.